The first-order valence-corrected chi connectivity index (χ1v) is 8.22. The minimum absolute atomic E-state index is 0.111. The summed E-state index contributed by atoms with van der Waals surface area (Å²) >= 11 is 0. The summed E-state index contributed by atoms with van der Waals surface area (Å²) in [4.78, 5) is 35.8. The van der Waals surface area contributed by atoms with E-state index >= 15 is 0 Å². The van der Waals surface area contributed by atoms with Gasteiger partial charge in [-0.15, -0.1) is 0 Å². The number of carboxylic acid groups (broad SMARTS) is 1. The van der Waals surface area contributed by atoms with Crippen molar-refractivity contribution in [3.8, 4) is 11.5 Å². The number of nitrogens with one attached hydrogen (secondary N) is 2. The van der Waals surface area contributed by atoms with Gasteiger partial charge in [-0.25, -0.2) is 4.79 Å². The Labute approximate surface area is 144 Å². The zero-order valence-electron chi connectivity index (χ0n) is 13.7. The van der Waals surface area contributed by atoms with Crippen molar-refractivity contribution in [2.75, 3.05) is 13.3 Å². The molecule has 1 saturated carbocycles. The first kappa shape index (κ1) is 17.1. The fourth-order valence-electron chi connectivity index (χ4n) is 3.16. The average molecular weight is 348 g/mol. The molecule has 1 aromatic carbocycles. The largest absolute Gasteiger partial charge is 0.480 e. The Kier molecular flexibility index (Phi) is 4.78. The molecule has 0 spiro atoms. The van der Waals surface area contributed by atoms with Crippen LogP contribution in [0, 0.1) is 0 Å². The number of carbonyl (C=O) groups excluding carboxylic acids is 2. The van der Waals surface area contributed by atoms with Crippen LogP contribution in [0.3, 0.4) is 0 Å². The molecule has 1 fully saturated rings. The minimum atomic E-state index is -1.22. The van der Waals surface area contributed by atoms with Crippen molar-refractivity contribution in [3.63, 3.8) is 0 Å². The topological polar surface area (TPSA) is 114 Å². The maximum absolute atomic E-state index is 12.2. The van der Waals surface area contributed by atoms with Crippen molar-refractivity contribution < 1.29 is 29.0 Å². The van der Waals surface area contributed by atoms with E-state index in [1.54, 1.807) is 12.1 Å². The summed E-state index contributed by atoms with van der Waals surface area (Å²) in [5.74, 6) is -0.943. The van der Waals surface area contributed by atoms with E-state index in [1.165, 1.54) is 6.07 Å². The molecule has 8 nitrogen and oxygen atoms in total. The monoisotopic (exact) mass is 348 g/mol. The summed E-state index contributed by atoms with van der Waals surface area (Å²) in [5, 5.41) is 14.5. The normalized spacial score (nSPS) is 17.6. The molecule has 1 aliphatic heterocycles. The van der Waals surface area contributed by atoms with Crippen LogP contribution in [0.25, 0.3) is 0 Å². The van der Waals surface area contributed by atoms with Gasteiger partial charge in [0, 0.05) is 5.56 Å². The Hall–Kier alpha value is -2.77. The van der Waals surface area contributed by atoms with Gasteiger partial charge in [-0.2, -0.15) is 0 Å². The van der Waals surface area contributed by atoms with Gasteiger partial charge in [-0.05, 0) is 31.0 Å². The van der Waals surface area contributed by atoms with Gasteiger partial charge in [-0.3, -0.25) is 9.59 Å². The first-order chi connectivity index (χ1) is 12.0. The predicted octanol–water partition coefficient (Wildman–Crippen LogP) is 1.05. The molecule has 3 rings (SSSR count). The fraction of sp³-hybridized carbons (Fsp3) is 0.471. The van der Waals surface area contributed by atoms with Crippen LogP contribution in [0.1, 0.15) is 42.5 Å². The van der Waals surface area contributed by atoms with Gasteiger partial charge >= 0.3 is 5.97 Å². The van der Waals surface area contributed by atoms with Gasteiger partial charge in [0.05, 0.1) is 6.54 Å². The van der Waals surface area contributed by atoms with E-state index in [9.17, 15) is 19.5 Å². The lowest BCUT2D eigenvalue weighted by atomic mass is 9.81. The van der Waals surface area contributed by atoms with E-state index in [4.69, 9.17) is 9.47 Å². The van der Waals surface area contributed by atoms with Crippen molar-refractivity contribution in [2.45, 2.75) is 37.6 Å². The number of hydrogen-bond acceptors (Lipinski definition) is 5. The molecule has 0 bridgehead atoms. The molecule has 0 saturated heterocycles. The predicted molar refractivity (Wildman–Crippen MR) is 86.5 cm³/mol. The molecule has 0 unspecified atom stereocenters. The Balaban J connectivity index is 1.56. The summed E-state index contributed by atoms with van der Waals surface area (Å²) in [7, 11) is 0. The highest BCUT2D eigenvalue weighted by Crippen LogP contribution is 2.32. The van der Waals surface area contributed by atoms with Crippen LogP contribution in [0.2, 0.25) is 0 Å². The molecular formula is C17H20N2O6. The molecule has 0 radical (unpaired) electrons. The van der Waals surface area contributed by atoms with Crippen LogP contribution >= 0.6 is 0 Å². The molecule has 1 aliphatic carbocycles. The quantitative estimate of drug-likeness (QED) is 0.733. The summed E-state index contributed by atoms with van der Waals surface area (Å²) < 4.78 is 10.4. The Morgan fingerprint density at radius 1 is 1.08 bits per heavy atom. The standard InChI is InChI=1S/C17H20N2O6/c20-14(19-17(16(22)23)6-2-1-3-7-17)9-18-15(21)11-4-5-12-13(8-11)25-10-24-12/h4-5,8H,1-3,6-7,9-10H2,(H,18,21)(H,19,20)(H,22,23). The van der Waals surface area contributed by atoms with Crippen molar-refractivity contribution in [2.24, 2.45) is 0 Å². The highest BCUT2D eigenvalue weighted by molar-refractivity contribution is 5.97. The third-order valence-electron chi connectivity index (χ3n) is 4.54. The maximum Gasteiger partial charge on any atom is 0.329 e. The smallest absolute Gasteiger partial charge is 0.329 e. The molecule has 1 aromatic rings. The number of benzene rings is 1. The molecular weight excluding hydrogens is 328 g/mol. The van der Waals surface area contributed by atoms with Crippen molar-refractivity contribution in [1.29, 1.82) is 0 Å². The summed E-state index contributed by atoms with van der Waals surface area (Å²) in [6.07, 6.45) is 3.30. The number of amides is 2. The van der Waals surface area contributed by atoms with Crippen LogP contribution in [-0.4, -0.2) is 41.8 Å². The van der Waals surface area contributed by atoms with E-state index in [0.717, 1.165) is 19.3 Å². The summed E-state index contributed by atoms with van der Waals surface area (Å²) in [5.41, 5.74) is -0.888. The SMILES string of the molecule is O=C(CNC(=O)c1ccc2c(c1)OCO2)NC1(C(=O)O)CCCCC1. The van der Waals surface area contributed by atoms with Crippen LogP contribution in [0.15, 0.2) is 18.2 Å². The highest BCUT2D eigenvalue weighted by Gasteiger charge is 2.40. The number of hydrogen-bond donors (Lipinski definition) is 3. The number of carboxylic acids is 1. The molecule has 2 aliphatic rings. The second kappa shape index (κ2) is 7.00. The molecule has 2 amide bonds. The molecule has 134 valence electrons. The Bertz CT molecular complexity index is 696. The van der Waals surface area contributed by atoms with Crippen molar-refractivity contribution in [1.82, 2.24) is 10.6 Å². The van der Waals surface area contributed by atoms with E-state index in [2.05, 4.69) is 10.6 Å². The van der Waals surface area contributed by atoms with Crippen molar-refractivity contribution >= 4 is 17.8 Å². The fourth-order valence-corrected chi connectivity index (χ4v) is 3.16. The molecule has 0 atom stereocenters. The van der Waals surface area contributed by atoms with E-state index < -0.39 is 23.3 Å². The molecule has 25 heavy (non-hydrogen) atoms. The molecule has 3 N–H and O–H groups in total. The van der Waals surface area contributed by atoms with E-state index in [-0.39, 0.29) is 13.3 Å². The zero-order valence-corrected chi connectivity index (χ0v) is 13.7. The summed E-state index contributed by atoms with van der Waals surface area (Å²) in [6.45, 7) is -0.178. The minimum Gasteiger partial charge on any atom is -0.480 e. The second-order valence-electron chi connectivity index (χ2n) is 6.25. The van der Waals surface area contributed by atoms with Crippen molar-refractivity contribution in [3.05, 3.63) is 23.8 Å². The molecule has 0 aromatic heterocycles. The molecule has 1 heterocycles. The Morgan fingerprint density at radius 2 is 1.80 bits per heavy atom. The number of aliphatic carboxylic acids is 1. The third-order valence-corrected chi connectivity index (χ3v) is 4.54. The lowest BCUT2D eigenvalue weighted by Gasteiger charge is -2.33. The maximum atomic E-state index is 12.2. The van der Waals surface area contributed by atoms with Crippen LogP contribution in [-0.2, 0) is 9.59 Å². The highest BCUT2D eigenvalue weighted by atomic mass is 16.7. The number of fused-ring (bicyclic) bond motifs is 1. The van der Waals surface area contributed by atoms with Gasteiger partial charge in [0.25, 0.3) is 5.91 Å². The lowest BCUT2D eigenvalue weighted by molar-refractivity contribution is -0.149. The van der Waals surface area contributed by atoms with E-state index in [1.807, 2.05) is 0 Å². The average Bonchev–Trinajstić information content (AvgIpc) is 3.08. The van der Waals surface area contributed by atoms with Gasteiger partial charge in [0.15, 0.2) is 11.5 Å². The van der Waals surface area contributed by atoms with Crippen LogP contribution in [0.4, 0.5) is 0 Å². The van der Waals surface area contributed by atoms with Crippen LogP contribution in [0.5, 0.6) is 11.5 Å². The number of rotatable bonds is 5. The number of ether oxygens (including phenoxy) is 2. The van der Waals surface area contributed by atoms with E-state index in [0.29, 0.717) is 29.9 Å². The summed E-state index contributed by atoms with van der Waals surface area (Å²) in [6, 6.07) is 4.73. The van der Waals surface area contributed by atoms with Gasteiger partial charge in [0.2, 0.25) is 12.7 Å². The second-order valence-corrected chi connectivity index (χ2v) is 6.25. The first-order valence-electron chi connectivity index (χ1n) is 8.22. The van der Waals surface area contributed by atoms with Crippen LogP contribution < -0.4 is 20.1 Å². The number of carbonyl (C=O) groups is 3. The third kappa shape index (κ3) is 3.67. The van der Waals surface area contributed by atoms with Gasteiger partial charge < -0.3 is 25.2 Å². The van der Waals surface area contributed by atoms with Gasteiger partial charge in [-0.1, -0.05) is 19.3 Å². The zero-order chi connectivity index (χ0) is 17.9. The van der Waals surface area contributed by atoms with Gasteiger partial charge in [0.1, 0.15) is 5.54 Å². The molecule has 8 heteroatoms. The Morgan fingerprint density at radius 3 is 2.52 bits per heavy atom. The lowest BCUT2D eigenvalue weighted by Crippen LogP contribution is -2.57.